The van der Waals surface area contributed by atoms with Crippen molar-refractivity contribution in [3.8, 4) is 22.6 Å². The fourth-order valence-corrected chi connectivity index (χ4v) is 4.67. The maximum atomic E-state index is 13.4. The van der Waals surface area contributed by atoms with E-state index in [0.29, 0.717) is 28.7 Å². The topological polar surface area (TPSA) is 114 Å². The van der Waals surface area contributed by atoms with Crippen molar-refractivity contribution in [1.82, 2.24) is 15.0 Å². The minimum atomic E-state index is -3.69. The van der Waals surface area contributed by atoms with Crippen LogP contribution in [0.3, 0.4) is 0 Å². The molecule has 1 N–H and O–H groups in total. The van der Waals surface area contributed by atoms with Gasteiger partial charge in [0, 0.05) is 25.2 Å². The van der Waals surface area contributed by atoms with E-state index in [9.17, 15) is 18.4 Å². The molecule has 0 spiro atoms. The molecule has 0 aliphatic carbocycles. The van der Waals surface area contributed by atoms with Crippen LogP contribution in [0.15, 0.2) is 78.2 Å². The molecule has 0 radical (unpaired) electrons. The van der Waals surface area contributed by atoms with Crippen LogP contribution in [0.1, 0.15) is 36.4 Å². The van der Waals surface area contributed by atoms with Crippen molar-refractivity contribution in [2.75, 3.05) is 0 Å². The van der Waals surface area contributed by atoms with Crippen molar-refractivity contribution in [2.24, 2.45) is 5.10 Å². The number of carboxylic acids is 1. The van der Waals surface area contributed by atoms with Crippen LogP contribution in [0.5, 0.6) is 11.5 Å². The third kappa shape index (κ3) is 4.86. The number of halogens is 2. The maximum Gasteiger partial charge on any atom is 0.586 e. The number of alkyl halides is 2. The molecule has 1 atom stereocenters. The van der Waals surface area contributed by atoms with E-state index in [-0.39, 0.29) is 24.3 Å². The van der Waals surface area contributed by atoms with Crippen molar-refractivity contribution >= 4 is 28.6 Å². The molecule has 3 heterocycles. The molecule has 11 heteroatoms. The SMILES string of the molecule is O=C(O)CCC(=O)N1N=C(c2ccc(-c3ccc4c(c3)OC(F)(F)O4)cc2)CC1c1ccc2nccnc2c1. The zero-order valence-corrected chi connectivity index (χ0v) is 20.3. The van der Waals surface area contributed by atoms with Gasteiger partial charge in [-0.15, -0.1) is 8.78 Å². The number of nitrogens with zero attached hydrogens (tertiary/aromatic N) is 4. The van der Waals surface area contributed by atoms with Gasteiger partial charge in [-0.25, -0.2) is 5.01 Å². The smallest absolute Gasteiger partial charge is 0.481 e. The molecule has 9 nitrogen and oxygen atoms in total. The van der Waals surface area contributed by atoms with Gasteiger partial charge in [-0.3, -0.25) is 19.6 Å². The number of rotatable bonds is 6. The second-order valence-electron chi connectivity index (χ2n) is 9.11. The summed E-state index contributed by atoms with van der Waals surface area (Å²) in [7, 11) is 0. The lowest BCUT2D eigenvalue weighted by atomic mass is 9.96. The Bertz CT molecular complexity index is 1640. The summed E-state index contributed by atoms with van der Waals surface area (Å²) in [5, 5.41) is 15.0. The number of hydrogen-bond donors (Lipinski definition) is 1. The number of hydrogen-bond acceptors (Lipinski definition) is 7. The Hall–Kier alpha value is -4.93. The van der Waals surface area contributed by atoms with E-state index in [1.54, 1.807) is 18.5 Å². The van der Waals surface area contributed by atoms with Gasteiger partial charge >= 0.3 is 12.3 Å². The molecule has 2 aliphatic rings. The van der Waals surface area contributed by atoms with E-state index in [1.165, 1.54) is 17.1 Å². The minimum Gasteiger partial charge on any atom is -0.481 e. The fourth-order valence-electron chi connectivity index (χ4n) is 4.67. The number of amides is 1. The molecule has 1 unspecified atom stereocenters. The number of carbonyl (C=O) groups excluding carboxylic acids is 1. The van der Waals surface area contributed by atoms with Crippen LogP contribution in [0.4, 0.5) is 8.78 Å². The van der Waals surface area contributed by atoms with Gasteiger partial charge in [-0.05, 0) is 46.5 Å². The van der Waals surface area contributed by atoms with Crippen LogP contribution in [-0.2, 0) is 9.59 Å². The Kier molecular flexibility index (Phi) is 5.90. The summed E-state index contributed by atoms with van der Waals surface area (Å²) in [5.74, 6) is -1.53. The zero-order valence-electron chi connectivity index (χ0n) is 20.3. The average molecular weight is 530 g/mol. The van der Waals surface area contributed by atoms with Gasteiger partial charge in [0.1, 0.15) is 0 Å². The average Bonchev–Trinajstić information content (AvgIpc) is 3.51. The van der Waals surface area contributed by atoms with E-state index >= 15 is 0 Å². The molecular formula is C28H20F2N4O5. The second kappa shape index (κ2) is 9.43. The molecular weight excluding hydrogens is 510 g/mol. The minimum absolute atomic E-state index is 0.0287. The first-order valence-corrected chi connectivity index (χ1v) is 12.1. The number of carboxylic acid groups (broad SMARTS) is 1. The highest BCUT2D eigenvalue weighted by Crippen LogP contribution is 2.43. The van der Waals surface area contributed by atoms with Crippen molar-refractivity contribution < 1.29 is 33.0 Å². The number of aromatic nitrogens is 2. The number of aliphatic carboxylic acids is 1. The van der Waals surface area contributed by atoms with Gasteiger partial charge in [-0.1, -0.05) is 36.4 Å². The van der Waals surface area contributed by atoms with Crippen LogP contribution >= 0.6 is 0 Å². The molecule has 1 aromatic heterocycles. The van der Waals surface area contributed by atoms with Crippen molar-refractivity contribution in [2.45, 2.75) is 31.6 Å². The molecule has 6 rings (SSSR count). The number of ether oxygens (including phenoxy) is 2. The third-order valence-electron chi connectivity index (χ3n) is 6.55. The summed E-state index contributed by atoms with van der Waals surface area (Å²) in [6, 6.07) is 17.0. The highest BCUT2D eigenvalue weighted by atomic mass is 19.3. The molecule has 39 heavy (non-hydrogen) atoms. The summed E-state index contributed by atoms with van der Waals surface area (Å²) < 4.78 is 35.8. The second-order valence-corrected chi connectivity index (χ2v) is 9.11. The largest absolute Gasteiger partial charge is 0.586 e. The molecule has 3 aromatic carbocycles. The van der Waals surface area contributed by atoms with Gasteiger partial charge < -0.3 is 14.6 Å². The number of hydrazone groups is 1. The molecule has 2 aliphatic heterocycles. The van der Waals surface area contributed by atoms with Gasteiger partial charge in [0.25, 0.3) is 0 Å². The fraction of sp³-hybridized carbons (Fsp3) is 0.179. The highest BCUT2D eigenvalue weighted by molar-refractivity contribution is 6.03. The Morgan fingerprint density at radius 1 is 0.872 bits per heavy atom. The van der Waals surface area contributed by atoms with Crippen LogP contribution in [0.2, 0.25) is 0 Å². The van der Waals surface area contributed by atoms with Crippen LogP contribution < -0.4 is 9.47 Å². The molecule has 0 bridgehead atoms. The molecule has 0 saturated heterocycles. The number of benzene rings is 3. The maximum absolute atomic E-state index is 13.4. The predicted octanol–water partition coefficient (Wildman–Crippen LogP) is 5.16. The Labute approximate surface area is 220 Å². The van der Waals surface area contributed by atoms with Crippen LogP contribution in [0.25, 0.3) is 22.2 Å². The summed E-state index contributed by atoms with van der Waals surface area (Å²) in [4.78, 5) is 32.7. The van der Waals surface area contributed by atoms with Gasteiger partial charge in [0.2, 0.25) is 5.91 Å². The van der Waals surface area contributed by atoms with Gasteiger partial charge in [0.05, 0.1) is 29.2 Å². The van der Waals surface area contributed by atoms with Crippen molar-refractivity contribution in [3.63, 3.8) is 0 Å². The zero-order chi connectivity index (χ0) is 27.1. The lowest BCUT2D eigenvalue weighted by Gasteiger charge is -2.22. The Morgan fingerprint density at radius 3 is 2.33 bits per heavy atom. The molecule has 1 amide bonds. The van der Waals surface area contributed by atoms with E-state index < -0.39 is 24.2 Å². The Morgan fingerprint density at radius 2 is 1.56 bits per heavy atom. The highest BCUT2D eigenvalue weighted by Gasteiger charge is 2.43. The molecule has 4 aromatic rings. The van der Waals surface area contributed by atoms with Gasteiger partial charge in [0.15, 0.2) is 11.5 Å². The van der Waals surface area contributed by atoms with E-state index in [1.807, 2.05) is 42.5 Å². The lowest BCUT2D eigenvalue weighted by molar-refractivity contribution is -0.286. The van der Waals surface area contributed by atoms with Crippen molar-refractivity contribution in [3.05, 3.63) is 84.2 Å². The van der Waals surface area contributed by atoms with E-state index in [4.69, 9.17) is 5.11 Å². The quantitative estimate of drug-likeness (QED) is 0.366. The van der Waals surface area contributed by atoms with Crippen LogP contribution in [-0.4, -0.2) is 44.0 Å². The lowest BCUT2D eigenvalue weighted by Crippen LogP contribution is -2.27. The summed E-state index contributed by atoms with van der Waals surface area (Å²) in [6.45, 7) is 0. The molecule has 0 fully saturated rings. The van der Waals surface area contributed by atoms with Crippen molar-refractivity contribution in [1.29, 1.82) is 0 Å². The monoisotopic (exact) mass is 530 g/mol. The normalized spacial score (nSPS) is 17.3. The summed E-state index contributed by atoms with van der Waals surface area (Å²) in [6.07, 6.45) is -0.574. The third-order valence-corrected chi connectivity index (χ3v) is 6.55. The first kappa shape index (κ1) is 24.4. The molecule has 0 saturated carbocycles. The first-order chi connectivity index (χ1) is 18.8. The summed E-state index contributed by atoms with van der Waals surface area (Å²) >= 11 is 0. The predicted molar refractivity (Wildman–Crippen MR) is 135 cm³/mol. The Balaban J connectivity index is 1.28. The number of fused-ring (bicyclic) bond motifs is 2. The van der Waals surface area contributed by atoms with Crippen LogP contribution in [0, 0.1) is 0 Å². The summed E-state index contributed by atoms with van der Waals surface area (Å²) in [5.41, 5.74) is 5.04. The van der Waals surface area contributed by atoms with Gasteiger partial charge in [-0.2, -0.15) is 5.10 Å². The number of carbonyl (C=O) groups is 2. The van der Waals surface area contributed by atoms with E-state index in [0.717, 1.165) is 16.7 Å². The van der Waals surface area contributed by atoms with E-state index in [2.05, 4.69) is 24.5 Å². The molecule has 196 valence electrons. The standard InChI is InChI=1S/C28H20F2N4O5/c29-28(30)38-24-8-6-18(14-25(24)39-28)16-1-3-17(4-2-16)21-15-23(34(33-21)26(35)9-10-27(36)37)19-5-7-20-22(13-19)32-12-11-31-20/h1-8,11-14,23H,9-10,15H2,(H,36,37). The first-order valence-electron chi connectivity index (χ1n) is 12.1.